The summed E-state index contributed by atoms with van der Waals surface area (Å²) < 4.78 is 0. The summed E-state index contributed by atoms with van der Waals surface area (Å²) in [5, 5.41) is 15.6. The molecule has 0 aliphatic heterocycles. The van der Waals surface area contributed by atoms with Gasteiger partial charge in [0.1, 0.15) is 0 Å². The highest BCUT2D eigenvalue weighted by Crippen LogP contribution is 2.32. The Bertz CT molecular complexity index is 900. The molecular formula is C22H21ClN2O2. The molecule has 27 heavy (non-hydrogen) atoms. The predicted octanol–water partition coefficient (Wildman–Crippen LogP) is 5.21. The third kappa shape index (κ3) is 5.16. The van der Waals surface area contributed by atoms with Crippen LogP contribution in [-0.2, 0) is 6.42 Å². The number of nitro benzene ring substituents is 1. The normalized spacial score (nSPS) is 11.9. The van der Waals surface area contributed by atoms with E-state index in [1.165, 1.54) is 5.56 Å². The Kier molecular flexibility index (Phi) is 6.58. The Morgan fingerprint density at radius 2 is 1.70 bits per heavy atom. The number of hydrogen-bond acceptors (Lipinski definition) is 3. The largest absolute Gasteiger partial charge is 0.315 e. The lowest BCUT2D eigenvalue weighted by Crippen LogP contribution is -2.25. The van der Waals surface area contributed by atoms with Crippen LogP contribution in [0.1, 0.15) is 22.6 Å². The molecule has 0 bridgehead atoms. The van der Waals surface area contributed by atoms with Crippen molar-refractivity contribution < 1.29 is 4.92 Å². The van der Waals surface area contributed by atoms with Gasteiger partial charge in [0.25, 0.3) is 5.69 Å². The van der Waals surface area contributed by atoms with E-state index in [0.29, 0.717) is 17.1 Å². The molecule has 0 aliphatic rings. The van der Waals surface area contributed by atoms with Gasteiger partial charge in [-0.2, -0.15) is 0 Å². The summed E-state index contributed by atoms with van der Waals surface area (Å²) in [6, 6.07) is 24.7. The topological polar surface area (TPSA) is 55.2 Å². The maximum Gasteiger partial charge on any atom is 0.273 e. The number of nitrogens with one attached hydrogen (secondary N) is 1. The van der Waals surface area contributed by atoms with Gasteiger partial charge in [-0.1, -0.05) is 72.3 Å². The van der Waals surface area contributed by atoms with E-state index in [4.69, 9.17) is 11.6 Å². The number of nitrogens with zero attached hydrogens (tertiary/aromatic N) is 1. The zero-order chi connectivity index (χ0) is 19.1. The van der Waals surface area contributed by atoms with Crippen molar-refractivity contribution in [2.75, 3.05) is 13.1 Å². The average Bonchev–Trinajstić information content (AvgIpc) is 2.69. The van der Waals surface area contributed by atoms with Crippen molar-refractivity contribution in [2.45, 2.75) is 12.3 Å². The predicted molar refractivity (Wildman–Crippen MR) is 109 cm³/mol. The second-order valence-electron chi connectivity index (χ2n) is 6.36. The molecule has 0 aromatic heterocycles. The number of para-hydroxylation sites is 1. The van der Waals surface area contributed by atoms with Gasteiger partial charge in [0.05, 0.1) is 4.92 Å². The first-order valence-electron chi connectivity index (χ1n) is 8.88. The number of halogens is 1. The molecule has 0 fully saturated rings. The lowest BCUT2D eigenvalue weighted by molar-refractivity contribution is -0.385. The van der Waals surface area contributed by atoms with Crippen molar-refractivity contribution in [2.24, 2.45) is 0 Å². The molecule has 0 amide bonds. The fourth-order valence-electron chi connectivity index (χ4n) is 3.20. The van der Waals surface area contributed by atoms with E-state index in [2.05, 4.69) is 17.4 Å². The molecule has 0 saturated carbocycles. The van der Waals surface area contributed by atoms with E-state index in [-0.39, 0.29) is 16.5 Å². The Morgan fingerprint density at radius 1 is 0.963 bits per heavy atom. The molecule has 0 heterocycles. The molecule has 1 atom stereocenters. The number of nitro groups is 1. The zero-order valence-corrected chi connectivity index (χ0v) is 15.6. The van der Waals surface area contributed by atoms with E-state index in [9.17, 15) is 10.1 Å². The second-order valence-corrected chi connectivity index (χ2v) is 6.80. The fraction of sp³-hybridized carbons (Fsp3) is 0.182. The van der Waals surface area contributed by atoms with Gasteiger partial charge in [0.15, 0.2) is 0 Å². The Hall–Kier alpha value is -2.69. The van der Waals surface area contributed by atoms with Gasteiger partial charge in [-0.25, -0.2) is 0 Å². The molecule has 3 rings (SSSR count). The number of hydrogen-bond donors (Lipinski definition) is 1. The van der Waals surface area contributed by atoms with Crippen molar-refractivity contribution in [1.29, 1.82) is 0 Å². The Balaban J connectivity index is 1.80. The quantitative estimate of drug-likeness (QED) is 0.331. The van der Waals surface area contributed by atoms with Crippen LogP contribution < -0.4 is 5.32 Å². The Labute approximate surface area is 164 Å². The number of benzene rings is 3. The third-order valence-corrected chi connectivity index (χ3v) is 4.78. The summed E-state index contributed by atoms with van der Waals surface area (Å²) in [6.45, 7) is 1.39. The van der Waals surface area contributed by atoms with Crippen LogP contribution in [0.25, 0.3) is 0 Å². The van der Waals surface area contributed by atoms with Crippen molar-refractivity contribution in [3.63, 3.8) is 0 Å². The van der Waals surface area contributed by atoms with Crippen LogP contribution in [0.3, 0.4) is 0 Å². The zero-order valence-electron chi connectivity index (χ0n) is 14.8. The van der Waals surface area contributed by atoms with Crippen LogP contribution in [0, 0.1) is 10.1 Å². The SMILES string of the molecule is O=[N+]([O-])c1ccccc1C(CNCCc1ccccc1)c1cccc(Cl)c1. The molecule has 3 aromatic rings. The molecule has 1 unspecified atom stereocenters. The van der Waals surface area contributed by atoms with Crippen LogP contribution in [0.15, 0.2) is 78.9 Å². The van der Waals surface area contributed by atoms with Crippen LogP contribution in [0.5, 0.6) is 0 Å². The van der Waals surface area contributed by atoms with Gasteiger partial charge in [0.2, 0.25) is 0 Å². The summed E-state index contributed by atoms with van der Waals surface area (Å²) >= 11 is 6.17. The van der Waals surface area contributed by atoms with Crippen LogP contribution in [0.2, 0.25) is 5.02 Å². The minimum absolute atomic E-state index is 0.132. The van der Waals surface area contributed by atoms with Crippen molar-refractivity contribution >= 4 is 17.3 Å². The van der Waals surface area contributed by atoms with Gasteiger partial charge in [-0.15, -0.1) is 0 Å². The van der Waals surface area contributed by atoms with Crippen LogP contribution in [0.4, 0.5) is 5.69 Å². The molecule has 0 spiro atoms. The highest BCUT2D eigenvalue weighted by molar-refractivity contribution is 6.30. The summed E-state index contributed by atoms with van der Waals surface area (Å²) in [4.78, 5) is 11.2. The van der Waals surface area contributed by atoms with Gasteiger partial charge < -0.3 is 5.32 Å². The first-order chi connectivity index (χ1) is 13.1. The molecule has 0 radical (unpaired) electrons. The van der Waals surface area contributed by atoms with E-state index in [1.54, 1.807) is 12.1 Å². The molecular weight excluding hydrogens is 360 g/mol. The second kappa shape index (κ2) is 9.31. The first-order valence-corrected chi connectivity index (χ1v) is 9.26. The highest BCUT2D eigenvalue weighted by Gasteiger charge is 2.23. The number of rotatable bonds is 8. The molecule has 4 nitrogen and oxygen atoms in total. The van der Waals surface area contributed by atoms with Crippen molar-refractivity contribution in [3.8, 4) is 0 Å². The summed E-state index contributed by atoms with van der Waals surface area (Å²) in [5.74, 6) is -0.152. The standard InChI is InChI=1S/C22H21ClN2O2/c23-19-10-6-9-18(15-19)21(20-11-4-5-12-22(20)25(26)27)16-24-14-13-17-7-2-1-3-8-17/h1-12,15,21,24H,13-14,16H2. The maximum atomic E-state index is 11.5. The first kappa shape index (κ1) is 19.1. The average molecular weight is 381 g/mol. The fourth-order valence-corrected chi connectivity index (χ4v) is 3.40. The van der Waals surface area contributed by atoms with Crippen LogP contribution in [-0.4, -0.2) is 18.0 Å². The minimum Gasteiger partial charge on any atom is -0.315 e. The van der Waals surface area contributed by atoms with Gasteiger partial charge >= 0.3 is 0 Å². The van der Waals surface area contributed by atoms with E-state index >= 15 is 0 Å². The molecule has 138 valence electrons. The monoisotopic (exact) mass is 380 g/mol. The molecule has 3 aromatic carbocycles. The van der Waals surface area contributed by atoms with E-state index in [0.717, 1.165) is 18.5 Å². The summed E-state index contributed by atoms with van der Waals surface area (Å²) in [6.07, 6.45) is 0.903. The molecule has 0 saturated heterocycles. The smallest absolute Gasteiger partial charge is 0.273 e. The van der Waals surface area contributed by atoms with Gasteiger partial charge in [-0.3, -0.25) is 10.1 Å². The molecule has 1 N–H and O–H groups in total. The lowest BCUT2D eigenvalue weighted by atomic mass is 9.90. The summed E-state index contributed by atoms with van der Waals surface area (Å²) in [7, 11) is 0. The minimum atomic E-state index is -0.323. The lowest BCUT2D eigenvalue weighted by Gasteiger charge is -2.19. The van der Waals surface area contributed by atoms with E-state index in [1.807, 2.05) is 54.6 Å². The van der Waals surface area contributed by atoms with Gasteiger partial charge in [0, 0.05) is 29.1 Å². The molecule has 0 aliphatic carbocycles. The summed E-state index contributed by atoms with van der Waals surface area (Å²) in [5.41, 5.74) is 3.04. The highest BCUT2D eigenvalue weighted by atomic mass is 35.5. The molecule has 5 heteroatoms. The van der Waals surface area contributed by atoms with Gasteiger partial charge in [-0.05, 0) is 36.2 Å². The van der Waals surface area contributed by atoms with Crippen molar-refractivity contribution in [3.05, 3.63) is 111 Å². The van der Waals surface area contributed by atoms with E-state index < -0.39 is 0 Å². The Morgan fingerprint density at radius 3 is 2.44 bits per heavy atom. The van der Waals surface area contributed by atoms with Crippen LogP contribution >= 0.6 is 11.6 Å². The van der Waals surface area contributed by atoms with Crippen molar-refractivity contribution in [1.82, 2.24) is 5.32 Å². The third-order valence-electron chi connectivity index (χ3n) is 4.54. The maximum absolute atomic E-state index is 11.5.